The fraction of sp³-hybridized carbons (Fsp3) is 0.861. The summed E-state index contributed by atoms with van der Waals surface area (Å²) in [4.78, 5) is 37.9. The van der Waals surface area contributed by atoms with Crippen molar-refractivity contribution in [1.29, 1.82) is 0 Å². The predicted octanol–water partition coefficient (Wildman–Crippen LogP) is 22.2. The number of phosphoric ester groups is 1. The number of nitrogens with zero attached hydrogens (tertiary/aromatic N) is 1. The first kappa shape index (κ1) is 80.0. The van der Waals surface area contributed by atoms with Crippen LogP contribution in [0.3, 0.4) is 0 Å². The molecule has 0 aliphatic rings. The number of phosphoric acid groups is 1. The number of hydrogen-bond donors (Lipinski definition) is 0. The highest BCUT2D eigenvalue weighted by Gasteiger charge is 2.22. The second-order valence-corrected chi connectivity index (χ2v) is 26.6. The van der Waals surface area contributed by atoms with Crippen LogP contribution in [0, 0.1) is 0 Å². The third-order valence-corrected chi connectivity index (χ3v) is 16.8. The normalized spacial score (nSPS) is 13.4. The zero-order chi connectivity index (χ0) is 59.8. The molecule has 0 saturated carbocycles. The van der Waals surface area contributed by atoms with Gasteiger partial charge in [-0.2, -0.15) is 0 Å². The van der Waals surface area contributed by atoms with Crippen LogP contribution in [0.2, 0.25) is 0 Å². The Labute approximate surface area is 509 Å². The molecule has 0 N–H and O–H groups in total. The predicted molar refractivity (Wildman–Crippen MR) is 351 cm³/mol. The van der Waals surface area contributed by atoms with E-state index < -0.39 is 26.5 Å². The number of likely N-dealkylation sites (N-methyl/N-ethyl adjacent to an activating group) is 1. The van der Waals surface area contributed by atoms with Crippen LogP contribution in [0.4, 0.5) is 0 Å². The van der Waals surface area contributed by atoms with Gasteiger partial charge in [0, 0.05) is 12.8 Å². The summed E-state index contributed by atoms with van der Waals surface area (Å²) in [7, 11) is 1.17. The summed E-state index contributed by atoms with van der Waals surface area (Å²) in [6, 6.07) is 0. The van der Waals surface area contributed by atoms with Gasteiger partial charge in [-0.1, -0.05) is 313 Å². The molecule has 0 radical (unpaired) electrons. The van der Waals surface area contributed by atoms with Gasteiger partial charge in [0.05, 0.1) is 27.7 Å². The Kier molecular flexibility index (Phi) is 61.9. The minimum atomic E-state index is -4.64. The number of rotatable bonds is 66. The Morgan fingerprint density at radius 1 is 0.390 bits per heavy atom. The van der Waals surface area contributed by atoms with E-state index in [0.717, 1.165) is 64.2 Å². The molecule has 0 aromatic carbocycles. The quantitative estimate of drug-likeness (QED) is 0.0195. The minimum absolute atomic E-state index is 0.0323. The summed E-state index contributed by atoms with van der Waals surface area (Å²) >= 11 is 0. The number of esters is 2. The van der Waals surface area contributed by atoms with Crippen molar-refractivity contribution in [2.75, 3.05) is 47.5 Å². The molecule has 10 heteroatoms. The Morgan fingerprint density at radius 3 is 1.05 bits per heavy atom. The minimum Gasteiger partial charge on any atom is -0.756 e. The summed E-state index contributed by atoms with van der Waals surface area (Å²) in [5, 5.41) is 0. The van der Waals surface area contributed by atoms with Gasteiger partial charge in [-0.3, -0.25) is 14.2 Å². The highest BCUT2D eigenvalue weighted by molar-refractivity contribution is 7.45. The molecule has 82 heavy (non-hydrogen) atoms. The zero-order valence-electron chi connectivity index (χ0n) is 55.0. The van der Waals surface area contributed by atoms with E-state index in [4.69, 9.17) is 18.5 Å². The zero-order valence-corrected chi connectivity index (χ0v) is 55.8. The second-order valence-electron chi connectivity index (χ2n) is 25.2. The summed E-state index contributed by atoms with van der Waals surface area (Å²) in [6.07, 6.45) is 82.3. The van der Waals surface area contributed by atoms with Gasteiger partial charge in [0.25, 0.3) is 7.82 Å². The smallest absolute Gasteiger partial charge is 0.306 e. The topological polar surface area (TPSA) is 111 Å². The van der Waals surface area contributed by atoms with Crippen LogP contribution in [0.15, 0.2) is 48.6 Å². The van der Waals surface area contributed by atoms with Crippen LogP contribution in [0.5, 0.6) is 0 Å². The van der Waals surface area contributed by atoms with Crippen LogP contribution in [-0.2, 0) is 32.7 Å². The standard InChI is InChI=1S/C72H136NO8P/c1-6-8-10-12-14-16-18-20-22-24-25-26-27-28-29-30-31-32-33-34-35-36-37-38-39-40-41-42-43-44-45-46-47-49-50-52-54-56-58-60-62-64-71(74)78-68-70(69-80-82(76,77)79-67-66-73(3,4)5)81-72(75)65-63-61-59-57-55-53-51-48-23-21-19-17-15-13-11-9-7-2/h9,11,15,17,21,23-25,70H,6-8,10,12-14,16,18-20,22,26-69H2,1-5H3/b11-9-,17-15-,23-21-,25-24-. The number of unbranched alkanes of at least 4 members (excludes halogenated alkanes) is 44. The van der Waals surface area contributed by atoms with Gasteiger partial charge >= 0.3 is 11.9 Å². The summed E-state index contributed by atoms with van der Waals surface area (Å²) < 4.78 is 34.2. The first-order valence-corrected chi connectivity index (χ1v) is 36.8. The van der Waals surface area contributed by atoms with Gasteiger partial charge in [-0.05, 0) is 70.6 Å². The summed E-state index contributed by atoms with van der Waals surface area (Å²) in [6.45, 7) is 4.16. The van der Waals surface area contributed by atoms with E-state index in [1.54, 1.807) is 0 Å². The molecular weight excluding hydrogens is 1040 g/mol. The maximum absolute atomic E-state index is 12.8. The van der Waals surface area contributed by atoms with E-state index in [1.165, 1.54) is 250 Å². The van der Waals surface area contributed by atoms with E-state index in [2.05, 4.69) is 62.5 Å². The largest absolute Gasteiger partial charge is 0.756 e. The van der Waals surface area contributed by atoms with Crippen molar-refractivity contribution in [2.24, 2.45) is 0 Å². The molecule has 0 aromatic heterocycles. The Hall–Kier alpha value is -2.03. The molecule has 0 saturated heterocycles. The molecule has 0 aromatic rings. The Balaban J connectivity index is 3.84. The van der Waals surface area contributed by atoms with E-state index in [1.807, 2.05) is 21.1 Å². The van der Waals surface area contributed by atoms with E-state index in [0.29, 0.717) is 17.4 Å². The summed E-state index contributed by atoms with van der Waals surface area (Å²) in [5.41, 5.74) is 0. The van der Waals surface area contributed by atoms with Crippen molar-refractivity contribution in [3.8, 4) is 0 Å². The lowest BCUT2D eigenvalue weighted by molar-refractivity contribution is -0.870. The van der Waals surface area contributed by atoms with Crippen LogP contribution < -0.4 is 4.89 Å². The molecule has 9 nitrogen and oxygen atoms in total. The first-order chi connectivity index (χ1) is 40.0. The fourth-order valence-electron chi connectivity index (χ4n) is 10.4. The van der Waals surface area contributed by atoms with Crippen LogP contribution in [0.1, 0.15) is 348 Å². The molecule has 0 amide bonds. The highest BCUT2D eigenvalue weighted by Crippen LogP contribution is 2.38. The lowest BCUT2D eigenvalue weighted by Gasteiger charge is -2.28. The van der Waals surface area contributed by atoms with Gasteiger partial charge in [0.2, 0.25) is 0 Å². The van der Waals surface area contributed by atoms with Crippen LogP contribution >= 0.6 is 7.82 Å². The SMILES string of the molecule is CC/C=C\C/C=C\C/C=C\CCCCCCCCCC(=O)OC(COC(=O)CCCCCCCCCCCCCCCCCCCCCCCCCCCCCCC/C=C\CCCCCCCCCC)COP(=O)([O-])OCC[N+](C)(C)C. The number of hydrogen-bond acceptors (Lipinski definition) is 8. The molecule has 2 unspecified atom stereocenters. The van der Waals surface area contributed by atoms with Crippen molar-refractivity contribution in [1.82, 2.24) is 0 Å². The van der Waals surface area contributed by atoms with Crippen molar-refractivity contribution in [2.45, 2.75) is 354 Å². The second kappa shape index (κ2) is 63.5. The number of ether oxygens (including phenoxy) is 2. The van der Waals surface area contributed by atoms with Crippen molar-refractivity contribution in [3.05, 3.63) is 48.6 Å². The summed E-state index contributed by atoms with van der Waals surface area (Å²) in [5.74, 6) is -0.831. The molecular formula is C72H136NO8P. The van der Waals surface area contributed by atoms with Crippen molar-refractivity contribution < 1.29 is 42.1 Å². The third kappa shape index (κ3) is 67.1. The van der Waals surface area contributed by atoms with Crippen LogP contribution in [-0.4, -0.2) is 70.0 Å². The molecule has 2 atom stereocenters. The maximum atomic E-state index is 12.8. The average Bonchev–Trinajstić information content (AvgIpc) is 3.46. The number of quaternary nitrogens is 1. The van der Waals surface area contributed by atoms with Gasteiger partial charge < -0.3 is 27.9 Å². The molecule has 0 fully saturated rings. The molecule has 0 spiro atoms. The van der Waals surface area contributed by atoms with Gasteiger partial charge in [0.1, 0.15) is 19.8 Å². The van der Waals surface area contributed by atoms with Gasteiger partial charge in [-0.15, -0.1) is 0 Å². The van der Waals surface area contributed by atoms with Crippen molar-refractivity contribution >= 4 is 19.8 Å². The number of carbonyl (C=O) groups is 2. The molecule has 0 bridgehead atoms. The Morgan fingerprint density at radius 2 is 0.695 bits per heavy atom. The van der Waals surface area contributed by atoms with Crippen LogP contribution in [0.25, 0.3) is 0 Å². The van der Waals surface area contributed by atoms with Gasteiger partial charge in [-0.25, -0.2) is 0 Å². The fourth-order valence-corrected chi connectivity index (χ4v) is 11.2. The molecule has 0 aliphatic carbocycles. The third-order valence-electron chi connectivity index (χ3n) is 15.8. The monoisotopic (exact) mass is 1170 g/mol. The molecule has 0 aliphatic heterocycles. The molecule has 482 valence electrons. The van der Waals surface area contributed by atoms with Crippen molar-refractivity contribution in [3.63, 3.8) is 0 Å². The average molecular weight is 1170 g/mol. The Bertz CT molecular complexity index is 1520. The van der Waals surface area contributed by atoms with Gasteiger partial charge in [0.15, 0.2) is 6.10 Å². The number of allylic oxidation sites excluding steroid dienone is 8. The van der Waals surface area contributed by atoms with E-state index in [-0.39, 0.29) is 32.0 Å². The maximum Gasteiger partial charge on any atom is 0.306 e. The highest BCUT2D eigenvalue weighted by atomic mass is 31.2. The molecule has 0 rings (SSSR count). The van der Waals surface area contributed by atoms with E-state index >= 15 is 0 Å². The van der Waals surface area contributed by atoms with E-state index in [9.17, 15) is 19.0 Å². The lowest BCUT2D eigenvalue weighted by Crippen LogP contribution is -2.37. The first-order valence-electron chi connectivity index (χ1n) is 35.3. The number of carbonyl (C=O) groups excluding carboxylic acids is 2. The molecule has 0 heterocycles. The lowest BCUT2D eigenvalue weighted by atomic mass is 10.0.